The van der Waals surface area contributed by atoms with Crippen LogP contribution in [-0.4, -0.2) is 15.6 Å². The Hall–Kier alpha value is 0.360. The molecule has 0 aliphatic carbocycles. The molecule has 1 saturated heterocycles. The summed E-state index contributed by atoms with van der Waals surface area (Å²) < 4.78 is 43.8. The zero-order valence-electron chi connectivity index (χ0n) is 6.26. The Morgan fingerprint density at radius 1 is 1.69 bits per heavy atom. The molecule has 0 aromatic carbocycles. The van der Waals surface area contributed by atoms with Crippen LogP contribution in [0.25, 0.3) is 0 Å². The Morgan fingerprint density at radius 3 is 2.46 bits per heavy atom. The standard InChI is InChI=1S/C2H5O8P3/c1-2-8-12(2,5)10-13(6,7)9-11(3)4/h2H,1H3,(H-,3,4,6,7)/p+1. The van der Waals surface area contributed by atoms with Crippen molar-refractivity contribution in [3.8, 4) is 0 Å². The molecule has 1 heterocycles. The van der Waals surface area contributed by atoms with Crippen molar-refractivity contribution in [3.05, 3.63) is 0 Å². The molecule has 13 heavy (non-hydrogen) atoms. The Bertz CT molecular complexity index is 321. The van der Waals surface area contributed by atoms with Gasteiger partial charge in [0.25, 0.3) is 0 Å². The van der Waals surface area contributed by atoms with Crippen molar-refractivity contribution < 1.29 is 36.6 Å². The van der Waals surface area contributed by atoms with E-state index in [1.54, 1.807) is 0 Å². The van der Waals surface area contributed by atoms with E-state index in [-0.39, 0.29) is 0 Å². The number of hydrogen-bond acceptors (Lipinski definition) is 6. The maximum atomic E-state index is 11.0. The SMILES string of the molecule is CC1OP1(=O)OP(=O)(O)O[P+](=O)O. The molecule has 4 atom stereocenters. The third kappa shape index (κ3) is 3.20. The van der Waals surface area contributed by atoms with Crippen LogP contribution >= 0.6 is 23.7 Å². The fourth-order valence-corrected chi connectivity index (χ4v) is 4.05. The van der Waals surface area contributed by atoms with E-state index in [2.05, 4.69) is 13.1 Å². The molecule has 0 saturated carbocycles. The highest BCUT2D eigenvalue weighted by Gasteiger charge is 2.57. The summed E-state index contributed by atoms with van der Waals surface area (Å²) in [7, 11) is -11.6. The number of rotatable bonds is 4. The van der Waals surface area contributed by atoms with Gasteiger partial charge in [-0.25, -0.2) is 8.88 Å². The minimum absolute atomic E-state index is 0.784. The molecule has 11 heteroatoms. The molecule has 0 aromatic heterocycles. The van der Waals surface area contributed by atoms with Gasteiger partial charge < -0.3 is 0 Å². The molecule has 0 radical (unpaired) electrons. The Balaban J connectivity index is 2.58. The van der Waals surface area contributed by atoms with Gasteiger partial charge in [-0.3, -0.25) is 14.0 Å². The third-order valence-electron chi connectivity index (χ3n) is 1.09. The first kappa shape index (κ1) is 11.4. The van der Waals surface area contributed by atoms with Crippen LogP contribution in [0, 0.1) is 0 Å². The van der Waals surface area contributed by atoms with Gasteiger partial charge in [0.1, 0.15) is 0 Å². The van der Waals surface area contributed by atoms with Crippen LogP contribution in [0.15, 0.2) is 0 Å². The van der Waals surface area contributed by atoms with Gasteiger partial charge in [-0.05, 0) is 11.2 Å². The third-order valence-corrected chi connectivity index (χ3v) is 5.61. The zero-order valence-corrected chi connectivity index (χ0v) is 8.95. The molecule has 0 aromatic rings. The molecule has 2 N–H and O–H groups in total. The van der Waals surface area contributed by atoms with Crippen LogP contribution in [0.5, 0.6) is 0 Å². The predicted molar refractivity (Wildman–Crippen MR) is 40.0 cm³/mol. The molecule has 0 spiro atoms. The monoisotopic (exact) mass is 251 g/mol. The van der Waals surface area contributed by atoms with Crippen molar-refractivity contribution >= 4 is 23.7 Å². The molecule has 1 aliphatic heterocycles. The topological polar surface area (TPSA) is 123 Å². The Kier molecular flexibility index (Phi) is 3.08. The van der Waals surface area contributed by atoms with Crippen LogP contribution in [0.4, 0.5) is 0 Å². The molecular weight excluding hydrogens is 245 g/mol. The fourth-order valence-electron chi connectivity index (χ4n) is 0.518. The summed E-state index contributed by atoms with van der Waals surface area (Å²) in [6, 6.07) is 0. The largest absolute Gasteiger partial charge is 0.705 e. The summed E-state index contributed by atoms with van der Waals surface area (Å²) >= 11 is 0. The van der Waals surface area contributed by atoms with Gasteiger partial charge in [0.2, 0.25) is 0 Å². The van der Waals surface area contributed by atoms with Crippen molar-refractivity contribution in [1.82, 2.24) is 0 Å². The molecule has 4 unspecified atom stereocenters. The normalized spacial score (nSPS) is 38.1. The van der Waals surface area contributed by atoms with E-state index in [0.717, 1.165) is 0 Å². The average molecular weight is 251 g/mol. The second kappa shape index (κ2) is 3.50. The van der Waals surface area contributed by atoms with E-state index in [1.807, 2.05) is 0 Å². The predicted octanol–water partition coefficient (Wildman–Crippen LogP) is 1.34. The van der Waals surface area contributed by atoms with Gasteiger partial charge in [0.05, 0.1) is 0 Å². The Morgan fingerprint density at radius 2 is 2.15 bits per heavy atom. The first-order valence-corrected chi connectivity index (χ1v) is 7.17. The van der Waals surface area contributed by atoms with Gasteiger partial charge in [-0.1, -0.05) is 0 Å². The van der Waals surface area contributed by atoms with Gasteiger partial charge in [0.15, 0.2) is 5.85 Å². The van der Waals surface area contributed by atoms with Gasteiger partial charge >= 0.3 is 23.7 Å². The highest BCUT2D eigenvalue weighted by Crippen LogP contribution is 2.77. The van der Waals surface area contributed by atoms with Crippen molar-refractivity contribution in [1.29, 1.82) is 0 Å². The van der Waals surface area contributed by atoms with Crippen molar-refractivity contribution in [2.45, 2.75) is 12.8 Å². The quantitative estimate of drug-likeness (QED) is 0.566. The van der Waals surface area contributed by atoms with Crippen molar-refractivity contribution in [2.75, 3.05) is 0 Å². The lowest BCUT2D eigenvalue weighted by atomic mass is 10.9. The molecule has 8 nitrogen and oxygen atoms in total. The van der Waals surface area contributed by atoms with E-state index in [4.69, 9.17) is 9.79 Å². The van der Waals surface area contributed by atoms with Crippen molar-refractivity contribution in [3.63, 3.8) is 0 Å². The van der Waals surface area contributed by atoms with E-state index in [1.165, 1.54) is 6.92 Å². The van der Waals surface area contributed by atoms with Gasteiger partial charge in [0, 0.05) is 4.57 Å². The summed E-state index contributed by atoms with van der Waals surface area (Å²) in [5.41, 5.74) is 0. The van der Waals surface area contributed by atoms with Crippen LogP contribution in [0.2, 0.25) is 0 Å². The average Bonchev–Trinajstić information content (AvgIpc) is 2.31. The highest BCUT2D eigenvalue weighted by atomic mass is 31.3. The lowest BCUT2D eigenvalue weighted by Crippen LogP contribution is -1.83. The van der Waals surface area contributed by atoms with Gasteiger partial charge in [-0.2, -0.15) is 0 Å². The summed E-state index contributed by atoms with van der Waals surface area (Å²) in [4.78, 5) is 16.8. The van der Waals surface area contributed by atoms with Crippen LogP contribution in [0.1, 0.15) is 6.92 Å². The highest BCUT2D eigenvalue weighted by molar-refractivity contribution is 7.70. The van der Waals surface area contributed by atoms with E-state index < -0.39 is 29.5 Å². The van der Waals surface area contributed by atoms with Crippen LogP contribution in [-0.2, 0) is 26.8 Å². The number of phosphoric acid groups is 1. The maximum absolute atomic E-state index is 11.0. The maximum Gasteiger partial charge on any atom is 0.705 e. The van der Waals surface area contributed by atoms with E-state index in [9.17, 15) is 13.7 Å². The molecule has 0 bridgehead atoms. The molecule has 1 fully saturated rings. The van der Waals surface area contributed by atoms with Crippen LogP contribution < -0.4 is 0 Å². The van der Waals surface area contributed by atoms with Crippen molar-refractivity contribution in [2.24, 2.45) is 0 Å². The second-order valence-corrected chi connectivity index (χ2v) is 6.85. The van der Waals surface area contributed by atoms with E-state index in [0.29, 0.717) is 0 Å². The molecule has 0 amide bonds. The summed E-state index contributed by atoms with van der Waals surface area (Å²) in [6.07, 6.45) is 0. The van der Waals surface area contributed by atoms with Gasteiger partial charge in [-0.15, -0.1) is 4.89 Å². The lowest BCUT2D eigenvalue weighted by Gasteiger charge is -1.99. The second-order valence-electron chi connectivity index (χ2n) is 2.11. The first-order valence-electron chi connectivity index (χ1n) is 2.93. The van der Waals surface area contributed by atoms with E-state index >= 15 is 0 Å². The van der Waals surface area contributed by atoms with Crippen LogP contribution in [0.3, 0.4) is 0 Å². The molecule has 76 valence electrons. The molecule has 1 aliphatic rings. The lowest BCUT2D eigenvalue weighted by molar-refractivity contribution is 0.278. The Labute approximate surface area is 73.9 Å². The summed E-state index contributed by atoms with van der Waals surface area (Å²) in [5, 5.41) is 0. The molecular formula is C2H6O8P3+. The smallest absolute Gasteiger partial charge is 0.300 e. The fraction of sp³-hybridized carbons (Fsp3) is 1.00. The zero-order chi connectivity index (χ0) is 10.3. The minimum Gasteiger partial charge on any atom is -0.300 e. The summed E-state index contributed by atoms with van der Waals surface area (Å²) in [6.45, 7) is 1.36. The molecule has 1 rings (SSSR count). The number of hydrogen-bond donors (Lipinski definition) is 2. The minimum atomic E-state index is -4.77. The summed E-state index contributed by atoms with van der Waals surface area (Å²) in [5.74, 6) is -0.784. The first-order chi connectivity index (χ1) is 5.75.